The number of hydrogen-bond acceptors (Lipinski definition) is 5. The molecule has 1 saturated carbocycles. The Labute approximate surface area is 190 Å². The van der Waals surface area contributed by atoms with Gasteiger partial charge in [-0.3, -0.25) is 19.7 Å². The van der Waals surface area contributed by atoms with Crippen LogP contribution in [0.1, 0.15) is 37.7 Å². The summed E-state index contributed by atoms with van der Waals surface area (Å²) in [6.07, 6.45) is 5.97. The smallest absolute Gasteiger partial charge is 0.272 e. The molecule has 0 saturated heterocycles. The van der Waals surface area contributed by atoms with E-state index >= 15 is 0 Å². The van der Waals surface area contributed by atoms with Crippen LogP contribution in [0.25, 0.3) is 6.08 Å². The van der Waals surface area contributed by atoms with E-state index in [0.717, 1.165) is 32.1 Å². The van der Waals surface area contributed by atoms with E-state index in [1.165, 1.54) is 37.5 Å². The molecule has 0 spiro atoms. The normalized spacial score (nSPS) is 14.5. The van der Waals surface area contributed by atoms with Gasteiger partial charge in [0.25, 0.3) is 11.6 Å². The van der Waals surface area contributed by atoms with E-state index in [4.69, 9.17) is 16.3 Å². The van der Waals surface area contributed by atoms with E-state index in [1.54, 1.807) is 18.2 Å². The summed E-state index contributed by atoms with van der Waals surface area (Å²) in [5.41, 5.74) is 0.602. The minimum atomic E-state index is -0.596. The van der Waals surface area contributed by atoms with Crippen molar-refractivity contribution in [1.29, 1.82) is 0 Å². The van der Waals surface area contributed by atoms with E-state index in [9.17, 15) is 19.7 Å². The van der Waals surface area contributed by atoms with Crippen LogP contribution in [-0.4, -0.2) is 23.8 Å². The van der Waals surface area contributed by atoms with Crippen LogP contribution in [0.2, 0.25) is 5.02 Å². The highest BCUT2D eigenvalue weighted by Crippen LogP contribution is 2.28. The van der Waals surface area contributed by atoms with Crippen LogP contribution in [0, 0.1) is 16.0 Å². The van der Waals surface area contributed by atoms with Gasteiger partial charge in [0, 0.05) is 23.1 Å². The SMILES string of the molecule is COc1ccc(Cl)cc1NC(=O)C(=Cc1cccc([N+](=O)[O-])c1)NC(=O)C1CCCCC1. The molecule has 1 aliphatic carbocycles. The highest BCUT2D eigenvalue weighted by atomic mass is 35.5. The van der Waals surface area contributed by atoms with Crippen molar-refractivity contribution in [2.24, 2.45) is 5.92 Å². The van der Waals surface area contributed by atoms with Gasteiger partial charge in [-0.2, -0.15) is 0 Å². The first-order chi connectivity index (χ1) is 15.4. The Morgan fingerprint density at radius 3 is 2.59 bits per heavy atom. The van der Waals surface area contributed by atoms with Crippen molar-refractivity contribution in [3.8, 4) is 5.75 Å². The molecule has 0 radical (unpaired) electrons. The predicted molar refractivity (Wildman–Crippen MR) is 122 cm³/mol. The molecule has 1 fully saturated rings. The molecule has 9 heteroatoms. The van der Waals surface area contributed by atoms with Crippen LogP contribution in [-0.2, 0) is 9.59 Å². The number of rotatable bonds is 7. The molecule has 168 valence electrons. The summed E-state index contributed by atoms with van der Waals surface area (Å²) in [6, 6.07) is 10.6. The van der Waals surface area contributed by atoms with Gasteiger partial charge in [-0.25, -0.2) is 0 Å². The number of nitrogens with one attached hydrogen (secondary N) is 2. The molecule has 2 aromatic rings. The lowest BCUT2D eigenvalue weighted by Gasteiger charge is -2.21. The first kappa shape index (κ1) is 23.3. The molecule has 1 aliphatic rings. The van der Waals surface area contributed by atoms with Crippen molar-refractivity contribution in [3.05, 3.63) is 68.9 Å². The van der Waals surface area contributed by atoms with E-state index in [2.05, 4.69) is 10.6 Å². The summed E-state index contributed by atoms with van der Waals surface area (Å²) in [4.78, 5) is 36.5. The quantitative estimate of drug-likeness (QED) is 0.348. The summed E-state index contributed by atoms with van der Waals surface area (Å²) in [6.45, 7) is 0. The molecule has 32 heavy (non-hydrogen) atoms. The monoisotopic (exact) mass is 457 g/mol. The molecular weight excluding hydrogens is 434 g/mol. The molecule has 2 aromatic carbocycles. The van der Waals surface area contributed by atoms with Crippen molar-refractivity contribution >= 4 is 40.9 Å². The van der Waals surface area contributed by atoms with Gasteiger partial charge in [-0.1, -0.05) is 43.0 Å². The Morgan fingerprint density at radius 2 is 1.91 bits per heavy atom. The minimum Gasteiger partial charge on any atom is -0.495 e. The number of nitro groups is 1. The maximum absolute atomic E-state index is 13.1. The van der Waals surface area contributed by atoms with Gasteiger partial charge >= 0.3 is 0 Å². The van der Waals surface area contributed by atoms with E-state index < -0.39 is 10.8 Å². The maximum atomic E-state index is 13.1. The fourth-order valence-electron chi connectivity index (χ4n) is 3.62. The number of halogens is 1. The van der Waals surface area contributed by atoms with Crippen LogP contribution in [0.15, 0.2) is 48.2 Å². The number of amides is 2. The number of anilines is 1. The average molecular weight is 458 g/mol. The molecular formula is C23H24ClN3O5. The van der Waals surface area contributed by atoms with Crippen LogP contribution in [0.5, 0.6) is 5.75 Å². The highest BCUT2D eigenvalue weighted by Gasteiger charge is 2.24. The van der Waals surface area contributed by atoms with Crippen LogP contribution >= 0.6 is 11.6 Å². The number of nitro benzene ring substituents is 1. The van der Waals surface area contributed by atoms with E-state index in [-0.39, 0.29) is 23.2 Å². The van der Waals surface area contributed by atoms with E-state index in [0.29, 0.717) is 22.0 Å². The first-order valence-electron chi connectivity index (χ1n) is 10.3. The molecule has 3 rings (SSSR count). The van der Waals surface area contributed by atoms with Gasteiger partial charge in [-0.15, -0.1) is 0 Å². The average Bonchev–Trinajstić information content (AvgIpc) is 2.79. The third-order valence-electron chi connectivity index (χ3n) is 5.28. The minimum absolute atomic E-state index is 0.0249. The molecule has 8 nitrogen and oxygen atoms in total. The van der Waals surface area contributed by atoms with Crippen molar-refractivity contribution in [3.63, 3.8) is 0 Å². The molecule has 0 unspecified atom stereocenters. The van der Waals surface area contributed by atoms with Gasteiger partial charge in [0.05, 0.1) is 17.7 Å². The third kappa shape index (κ3) is 6.07. The summed E-state index contributed by atoms with van der Waals surface area (Å²) < 4.78 is 5.26. The lowest BCUT2D eigenvalue weighted by atomic mass is 9.88. The molecule has 0 aromatic heterocycles. The second-order valence-electron chi connectivity index (χ2n) is 7.53. The molecule has 0 bridgehead atoms. The van der Waals surface area contributed by atoms with Crippen LogP contribution < -0.4 is 15.4 Å². The van der Waals surface area contributed by atoms with Crippen molar-refractivity contribution in [2.45, 2.75) is 32.1 Å². The summed E-state index contributed by atoms with van der Waals surface area (Å²) in [5, 5.41) is 16.9. The number of nitrogens with zero attached hydrogens (tertiary/aromatic N) is 1. The Morgan fingerprint density at radius 1 is 1.16 bits per heavy atom. The number of benzene rings is 2. The fraction of sp³-hybridized carbons (Fsp3) is 0.304. The van der Waals surface area contributed by atoms with Gasteiger partial charge < -0.3 is 15.4 Å². The van der Waals surface area contributed by atoms with Crippen LogP contribution in [0.4, 0.5) is 11.4 Å². The lowest BCUT2D eigenvalue weighted by Crippen LogP contribution is -2.35. The molecule has 2 N–H and O–H groups in total. The standard InChI is InChI=1S/C23H24ClN3O5/c1-32-21-11-10-17(24)14-19(21)25-23(29)20(26-22(28)16-7-3-2-4-8-16)13-15-6-5-9-18(12-15)27(30)31/h5-6,9-14,16H,2-4,7-8H2,1H3,(H,25,29)(H,26,28). The molecule has 0 heterocycles. The lowest BCUT2D eigenvalue weighted by molar-refractivity contribution is -0.384. The van der Waals surface area contributed by atoms with Crippen molar-refractivity contribution in [1.82, 2.24) is 5.32 Å². The van der Waals surface area contributed by atoms with Gasteiger partial charge in [0.2, 0.25) is 5.91 Å². The zero-order valence-electron chi connectivity index (χ0n) is 17.6. The topological polar surface area (TPSA) is 111 Å². The summed E-state index contributed by atoms with van der Waals surface area (Å²) >= 11 is 6.04. The molecule has 2 amide bonds. The number of ether oxygens (including phenoxy) is 1. The Kier molecular flexibility index (Phi) is 7.83. The second kappa shape index (κ2) is 10.8. The highest BCUT2D eigenvalue weighted by molar-refractivity contribution is 6.31. The first-order valence-corrected chi connectivity index (χ1v) is 10.7. The van der Waals surface area contributed by atoms with Crippen molar-refractivity contribution in [2.75, 3.05) is 12.4 Å². The predicted octanol–water partition coefficient (Wildman–Crippen LogP) is 4.93. The zero-order chi connectivity index (χ0) is 23.1. The molecule has 0 atom stereocenters. The Bertz CT molecular complexity index is 1050. The molecule has 0 aliphatic heterocycles. The number of methoxy groups -OCH3 is 1. The van der Waals surface area contributed by atoms with Gasteiger partial charge in [0.1, 0.15) is 11.4 Å². The Hall–Kier alpha value is -3.39. The number of carbonyl (C=O) groups excluding carboxylic acids is 2. The maximum Gasteiger partial charge on any atom is 0.272 e. The second-order valence-corrected chi connectivity index (χ2v) is 7.97. The van der Waals surface area contributed by atoms with E-state index in [1.807, 2.05) is 0 Å². The van der Waals surface area contributed by atoms with Gasteiger partial charge in [0.15, 0.2) is 0 Å². The third-order valence-corrected chi connectivity index (χ3v) is 5.52. The number of non-ortho nitro benzene ring substituents is 1. The fourth-order valence-corrected chi connectivity index (χ4v) is 3.79. The number of hydrogen-bond donors (Lipinski definition) is 2. The Balaban J connectivity index is 1.91. The zero-order valence-corrected chi connectivity index (χ0v) is 18.4. The largest absolute Gasteiger partial charge is 0.495 e. The number of carbonyl (C=O) groups is 2. The summed E-state index contributed by atoms with van der Waals surface area (Å²) in [7, 11) is 1.46. The van der Waals surface area contributed by atoms with Crippen LogP contribution in [0.3, 0.4) is 0 Å². The summed E-state index contributed by atoms with van der Waals surface area (Å²) in [5.74, 6) is -0.613. The van der Waals surface area contributed by atoms with Crippen molar-refractivity contribution < 1.29 is 19.2 Å². The van der Waals surface area contributed by atoms with Gasteiger partial charge in [-0.05, 0) is 42.7 Å².